The van der Waals surface area contributed by atoms with Gasteiger partial charge >= 0.3 is 0 Å². The molecule has 0 saturated heterocycles. The van der Waals surface area contributed by atoms with Crippen LogP contribution in [0.4, 0.5) is 8.78 Å². The van der Waals surface area contributed by atoms with Gasteiger partial charge in [-0.3, -0.25) is 4.79 Å². The first-order valence-electron chi connectivity index (χ1n) is 7.77. The van der Waals surface area contributed by atoms with Gasteiger partial charge in [-0.2, -0.15) is 0 Å². The highest BCUT2D eigenvalue weighted by molar-refractivity contribution is 7.13. The predicted molar refractivity (Wildman–Crippen MR) is 94.2 cm³/mol. The van der Waals surface area contributed by atoms with Crippen molar-refractivity contribution in [1.82, 2.24) is 10.3 Å². The fraction of sp³-hybridized carbons (Fsp3) is 0.158. The Morgan fingerprint density at radius 2 is 1.92 bits per heavy atom. The van der Waals surface area contributed by atoms with Crippen LogP contribution in [-0.2, 0) is 11.2 Å². The van der Waals surface area contributed by atoms with Crippen LogP contribution in [0.2, 0.25) is 0 Å². The van der Waals surface area contributed by atoms with Crippen molar-refractivity contribution in [3.05, 3.63) is 76.8 Å². The van der Waals surface area contributed by atoms with Crippen molar-refractivity contribution in [3.8, 4) is 10.6 Å². The molecule has 1 aromatic heterocycles. The molecular formula is C19H16F2N2OS. The number of rotatable bonds is 5. The average molecular weight is 358 g/mol. The van der Waals surface area contributed by atoms with Crippen LogP contribution in [0.15, 0.2) is 53.9 Å². The number of carbonyl (C=O) groups is 1. The number of halogens is 2. The zero-order valence-electron chi connectivity index (χ0n) is 13.5. The molecule has 1 unspecified atom stereocenters. The van der Waals surface area contributed by atoms with E-state index in [9.17, 15) is 13.6 Å². The third-order valence-corrected chi connectivity index (χ3v) is 4.68. The summed E-state index contributed by atoms with van der Waals surface area (Å²) in [5.41, 5.74) is 2.20. The lowest BCUT2D eigenvalue weighted by Crippen LogP contribution is -2.28. The summed E-state index contributed by atoms with van der Waals surface area (Å²) in [6.07, 6.45) is 0.136. The van der Waals surface area contributed by atoms with Gasteiger partial charge < -0.3 is 5.32 Å². The van der Waals surface area contributed by atoms with E-state index in [0.29, 0.717) is 11.3 Å². The van der Waals surface area contributed by atoms with E-state index in [-0.39, 0.29) is 12.3 Å². The molecule has 0 fully saturated rings. The third-order valence-electron chi connectivity index (χ3n) is 3.74. The molecule has 3 nitrogen and oxygen atoms in total. The Kier molecular flexibility index (Phi) is 5.19. The van der Waals surface area contributed by atoms with Crippen molar-refractivity contribution in [2.24, 2.45) is 0 Å². The molecule has 1 atom stereocenters. The molecule has 0 spiro atoms. The fourth-order valence-electron chi connectivity index (χ4n) is 2.42. The Labute approximate surface area is 148 Å². The number of amides is 1. The van der Waals surface area contributed by atoms with E-state index >= 15 is 0 Å². The number of hydrogen-bond acceptors (Lipinski definition) is 3. The van der Waals surface area contributed by atoms with Crippen molar-refractivity contribution in [2.45, 2.75) is 19.4 Å². The van der Waals surface area contributed by atoms with E-state index < -0.39 is 17.7 Å². The minimum absolute atomic E-state index is 0.136. The first-order valence-corrected chi connectivity index (χ1v) is 8.65. The molecular weight excluding hydrogens is 342 g/mol. The quantitative estimate of drug-likeness (QED) is 0.729. The summed E-state index contributed by atoms with van der Waals surface area (Å²) in [4.78, 5) is 16.7. The molecule has 0 aliphatic rings. The van der Waals surface area contributed by atoms with E-state index in [2.05, 4.69) is 10.3 Å². The molecule has 0 saturated carbocycles. The Balaban J connectivity index is 1.62. The second-order valence-electron chi connectivity index (χ2n) is 5.65. The van der Waals surface area contributed by atoms with Crippen molar-refractivity contribution in [3.63, 3.8) is 0 Å². The van der Waals surface area contributed by atoms with Crippen LogP contribution in [0.1, 0.15) is 24.2 Å². The van der Waals surface area contributed by atoms with E-state index in [1.807, 2.05) is 35.7 Å². The number of hydrogen-bond donors (Lipinski definition) is 1. The summed E-state index contributed by atoms with van der Waals surface area (Å²) in [5, 5.41) is 5.49. The van der Waals surface area contributed by atoms with Crippen molar-refractivity contribution >= 4 is 17.2 Å². The normalized spacial score (nSPS) is 12.0. The predicted octanol–water partition coefficient (Wildman–Crippen LogP) is 4.51. The molecule has 3 rings (SSSR count). The molecule has 0 aliphatic heterocycles. The Hall–Kier alpha value is -2.60. The summed E-state index contributed by atoms with van der Waals surface area (Å²) in [7, 11) is 0. The van der Waals surface area contributed by atoms with Gasteiger partial charge in [-0.05, 0) is 24.6 Å². The maximum atomic E-state index is 13.3. The molecule has 6 heteroatoms. The standard InChI is InChI=1S/C19H16F2N2OS/c1-12(14-7-8-16(20)17(21)9-14)22-18(24)10-15-11-25-19(23-15)13-5-3-2-4-6-13/h2-9,11-12H,10H2,1H3,(H,22,24). The molecule has 1 heterocycles. The number of aromatic nitrogens is 1. The lowest BCUT2D eigenvalue weighted by atomic mass is 10.1. The van der Waals surface area contributed by atoms with Crippen LogP contribution in [0.3, 0.4) is 0 Å². The summed E-state index contributed by atoms with van der Waals surface area (Å²) in [6.45, 7) is 1.72. The minimum Gasteiger partial charge on any atom is -0.349 e. The largest absolute Gasteiger partial charge is 0.349 e. The zero-order valence-corrected chi connectivity index (χ0v) is 14.3. The van der Waals surface area contributed by atoms with Gasteiger partial charge in [0.1, 0.15) is 5.01 Å². The Bertz CT molecular complexity index is 880. The molecule has 1 N–H and O–H groups in total. The van der Waals surface area contributed by atoms with E-state index in [4.69, 9.17) is 0 Å². The van der Waals surface area contributed by atoms with Crippen LogP contribution in [-0.4, -0.2) is 10.9 Å². The number of nitrogens with one attached hydrogen (secondary N) is 1. The lowest BCUT2D eigenvalue weighted by Gasteiger charge is -2.14. The van der Waals surface area contributed by atoms with Crippen LogP contribution < -0.4 is 5.32 Å². The van der Waals surface area contributed by atoms with Gasteiger partial charge in [0.15, 0.2) is 11.6 Å². The van der Waals surface area contributed by atoms with Gasteiger partial charge in [0, 0.05) is 10.9 Å². The van der Waals surface area contributed by atoms with E-state index in [0.717, 1.165) is 22.7 Å². The molecule has 25 heavy (non-hydrogen) atoms. The highest BCUT2D eigenvalue weighted by atomic mass is 32.1. The number of nitrogens with zero attached hydrogens (tertiary/aromatic N) is 1. The number of thiazole rings is 1. The molecule has 3 aromatic rings. The van der Waals surface area contributed by atoms with Gasteiger partial charge in [-0.25, -0.2) is 13.8 Å². The van der Waals surface area contributed by atoms with Crippen molar-refractivity contribution in [1.29, 1.82) is 0 Å². The monoisotopic (exact) mass is 358 g/mol. The van der Waals surface area contributed by atoms with Gasteiger partial charge in [-0.1, -0.05) is 36.4 Å². The second-order valence-corrected chi connectivity index (χ2v) is 6.51. The molecule has 0 bridgehead atoms. The minimum atomic E-state index is -0.925. The van der Waals surface area contributed by atoms with Crippen molar-refractivity contribution < 1.29 is 13.6 Å². The average Bonchev–Trinajstić information content (AvgIpc) is 3.06. The summed E-state index contributed by atoms with van der Waals surface area (Å²) in [5.74, 6) is -2.05. The van der Waals surface area contributed by atoms with Gasteiger partial charge in [0.05, 0.1) is 18.2 Å². The summed E-state index contributed by atoms with van der Waals surface area (Å²) in [6, 6.07) is 12.9. The van der Waals surface area contributed by atoms with E-state index in [1.165, 1.54) is 17.4 Å². The third kappa shape index (κ3) is 4.28. The first-order chi connectivity index (χ1) is 12.0. The maximum absolute atomic E-state index is 13.3. The van der Waals surface area contributed by atoms with E-state index in [1.54, 1.807) is 6.92 Å². The topological polar surface area (TPSA) is 42.0 Å². The molecule has 128 valence electrons. The Morgan fingerprint density at radius 1 is 1.16 bits per heavy atom. The highest BCUT2D eigenvalue weighted by Gasteiger charge is 2.14. The second kappa shape index (κ2) is 7.53. The maximum Gasteiger partial charge on any atom is 0.226 e. The van der Waals surface area contributed by atoms with Crippen molar-refractivity contribution in [2.75, 3.05) is 0 Å². The van der Waals surface area contributed by atoms with Crippen LogP contribution in [0.5, 0.6) is 0 Å². The SMILES string of the molecule is CC(NC(=O)Cc1csc(-c2ccccc2)n1)c1ccc(F)c(F)c1. The molecule has 0 aliphatic carbocycles. The van der Waals surface area contributed by atoms with Crippen LogP contribution in [0, 0.1) is 11.6 Å². The molecule has 0 radical (unpaired) electrons. The summed E-state index contributed by atoms with van der Waals surface area (Å²) >= 11 is 1.48. The fourth-order valence-corrected chi connectivity index (χ4v) is 3.25. The summed E-state index contributed by atoms with van der Waals surface area (Å²) < 4.78 is 26.3. The highest BCUT2D eigenvalue weighted by Crippen LogP contribution is 2.23. The van der Waals surface area contributed by atoms with Gasteiger partial charge in [-0.15, -0.1) is 11.3 Å². The zero-order chi connectivity index (χ0) is 17.8. The first kappa shape index (κ1) is 17.2. The number of benzene rings is 2. The molecule has 2 aromatic carbocycles. The van der Waals surface area contributed by atoms with Gasteiger partial charge in [0.2, 0.25) is 5.91 Å². The van der Waals surface area contributed by atoms with Gasteiger partial charge in [0.25, 0.3) is 0 Å². The lowest BCUT2D eigenvalue weighted by molar-refractivity contribution is -0.121. The molecule has 1 amide bonds. The number of carbonyl (C=O) groups excluding carboxylic acids is 1. The van der Waals surface area contributed by atoms with Crippen LogP contribution >= 0.6 is 11.3 Å². The smallest absolute Gasteiger partial charge is 0.226 e. The Morgan fingerprint density at radius 3 is 2.64 bits per heavy atom. The van der Waals surface area contributed by atoms with Crippen LogP contribution in [0.25, 0.3) is 10.6 Å².